The molecule has 1 aliphatic heterocycles. The lowest BCUT2D eigenvalue weighted by Crippen LogP contribution is -2.26. The molecule has 2 heterocycles. The lowest BCUT2D eigenvalue weighted by molar-refractivity contribution is 0.597. The van der Waals surface area contributed by atoms with Gasteiger partial charge in [0, 0.05) is 25.3 Å². The molecule has 0 spiro atoms. The average Bonchev–Trinajstić information content (AvgIpc) is 2.64. The number of halogens is 1. The van der Waals surface area contributed by atoms with Crippen molar-refractivity contribution in [1.29, 1.82) is 0 Å². The van der Waals surface area contributed by atoms with Crippen LogP contribution in [0.25, 0.3) is 0 Å². The van der Waals surface area contributed by atoms with Crippen LogP contribution in [-0.2, 0) is 6.54 Å². The SMILES string of the molecule is Cc1ncnc(N2CCNCc3ccccc32)c1F. The molecule has 2 aromatic rings. The lowest BCUT2D eigenvalue weighted by atomic mass is 10.1. The predicted octanol–water partition coefficient (Wildman–Crippen LogP) is 2.17. The van der Waals surface area contributed by atoms with E-state index in [1.165, 1.54) is 6.33 Å². The molecule has 0 amide bonds. The number of hydrogen-bond donors (Lipinski definition) is 1. The van der Waals surface area contributed by atoms with Crippen molar-refractivity contribution < 1.29 is 4.39 Å². The average molecular weight is 258 g/mol. The smallest absolute Gasteiger partial charge is 0.187 e. The van der Waals surface area contributed by atoms with Crippen LogP contribution < -0.4 is 10.2 Å². The summed E-state index contributed by atoms with van der Waals surface area (Å²) in [6, 6.07) is 8.00. The van der Waals surface area contributed by atoms with Crippen molar-refractivity contribution in [3.8, 4) is 0 Å². The fraction of sp³-hybridized carbons (Fsp3) is 0.286. The Balaban J connectivity index is 2.12. The molecule has 19 heavy (non-hydrogen) atoms. The number of rotatable bonds is 1. The molecular formula is C14H15FN4. The van der Waals surface area contributed by atoms with Crippen LogP contribution in [0, 0.1) is 12.7 Å². The van der Waals surface area contributed by atoms with E-state index in [1.807, 2.05) is 29.2 Å². The zero-order valence-electron chi connectivity index (χ0n) is 10.7. The highest BCUT2D eigenvalue weighted by Gasteiger charge is 2.21. The minimum absolute atomic E-state index is 0.348. The van der Waals surface area contributed by atoms with E-state index in [0.717, 1.165) is 24.3 Å². The molecule has 98 valence electrons. The third-order valence-corrected chi connectivity index (χ3v) is 3.31. The van der Waals surface area contributed by atoms with Crippen LogP contribution in [0.3, 0.4) is 0 Å². The van der Waals surface area contributed by atoms with E-state index in [1.54, 1.807) is 6.92 Å². The van der Waals surface area contributed by atoms with Crippen LogP contribution in [0.5, 0.6) is 0 Å². The number of benzene rings is 1. The monoisotopic (exact) mass is 258 g/mol. The van der Waals surface area contributed by atoms with Crippen molar-refractivity contribution in [3.05, 3.63) is 47.7 Å². The van der Waals surface area contributed by atoms with Crippen LogP contribution in [0.2, 0.25) is 0 Å². The van der Waals surface area contributed by atoms with Crippen molar-refractivity contribution >= 4 is 11.5 Å². The summed E-state index contributed by atoms with van der Waals surface area (Å²) in [5.74, 6) is 0.00264. The topological polar surface area (TPSA) is 41.1 Å². The third-order valence-electron chi connectivity index (χ3n) is 3.31. The fourth-order valence-corrected chi connectivity index (χ4v) is 2.31. The molecule has 0 radical (unpaired) electrons. The minimum Gasteiger partial charge on any atom is -0.322 e. The highest BCUT2D eigenvalue weighted by Crippen LogP contribution is 2.30. The van der Waals surface area contributed by atoms with Gasteiger partial charge in [0.25, 0.3) is 0 Å². The molecule has 0 saturated carbocycles. The summed E-state index contributed by atoms with van der Waals surface area (Å²) in [5, 5.41) is 3.33. The summed E-state index contributed by atoms with van der Waals surface area (Å²) in [6.45, 7) is 3.92. The summed E-state index contributed by atoms with van der Waals surface area (Å²) < 4.78 is 14.2. The molecule has 1 N–H and O–H groups in total. The second-order valence-electron chi connectivity index (χ2n) is 4.55. The van der Waals surface area contributed by atoms with Crippen molar-refractivity contribution in [1.82, 2.24) is 15.3 Å². The minimum atomic E-state index is -0.348. The number of nitrogens with zero attached hydrogens (tertiary/aromatic N) is 3. The van der Waals surface area contributed by atoms with E-state index in [4.69, 9.17) is 0 Å². The summed E-state index contributed by atoms with van der Waals surface area (Å²) in [4.78, 5) is 9.92. The lowest BCUT2D eigenvalue weighted by Gasteiger charge is -2.24. The fourth-order valence-electron chi connectivity index (χ4n) is 2.31. The molecule has 0 saturated heterocycles. The Morgan fingerprint density at radius 3 is 3.00 bits per heavy atom. The number of para-hydroxylation sites is 1. The van der Waals surface area contributed by atoms with Gasteiger partial charge in [-0.05, 0) is 18.6 Å². The van der Waals surface area contributed by atoms with E-state index in [0.29, 0.717) is 18.1 Å². The molecule has 1 aliphatic rings. The second kappa shape index (κ2) is 4.93. The molecule has 0 atom stereocenters. The summed E-state index contributed by atoms with van der Waals surface area (Å²) in [5.41, 5.74) is 2.53. The van der Waals surface area contributed by atoms with E-state index in [9.17, 15) is 4.39 Å². The first-order valence-electron chi connectivity index (χ1n) is 6.30. The predicted molar refractivity (Wildman–Crippen MR) is 71.9 cm³/mol. The van der Waals surface area contributed by atoms with Crippen LogP contribution in [0.4, 0.5) is 15.9 Å². The number of aryl methyl sites for hydroxylation is 1. The Labute approximate surface area is 111 Å². The highest BCUT2D eigenvalue weighted by molar-refractivity contribution is 5.65. The zero-order chi connectivity index (χ0) is 13.2. The number of nitrogens with one attached hydrogen (secondary N) is 1. The normalized spacial score (nSPS) is 14.9. The molecule has 3 rings (SSSR count). The Hall–Kier alpha value is -2.01. The van der Waals surface area contributed by atoms with Gasteiger partial charge in [-0.2, -0.15) is 0 Å². The maximum Gasteiger partial charge on any atom is 0.187 e. The van der Waals surface area contributed by atoms with Gasteiger partial charge < -0.3 is 10.2 Å². The first-order valence-corrected chi connectivity index (χ1v) is 6.30. The van der Waals surface area contributed by atoms with E-state index in [2.05, 4.69) is 15.3 Å². The Kier molecular flexibility index (Phi) is 3.13. The molecule has 1 aromatic carbocycles. The van der Waals surface area contributed by atoms with Gasteiger partial charge in [0.05, 0.1) is 5.69 Å². The Morgan fingerprint density at radius 1 is 1.26 bits per heavy atom. The summed E-state index contributed by atoms with van der Waals surface area (Å²) in [6.07, 6.45) is 1.41. The van der Waals surface area contributed by atoms with Crippen LogP contribution >= 0.6 is 0 Å². The quantitative estimate of drug-likeness (QED) is 0.851. The third kappa shape index (κ3) is 2.17. The van der Waals surface area contributed by atoms with Gasteiger partial charge in [-0.1, -0.05) is 18.2 Å². The number of hydrogen-bond acceptors (Lipinski definition) is 4. The maximum absolute atomic E-state index is 14.2. The molecule has 0 aliphatic carbocycles. The molecule has 0 unspecified atom stereocenters. The number of aromatic nitrogens is 2. The van der Waals surface area contributed by atoms with Crippen molar-refractivity contribution in [2.24, 2.45) is 0 Å². The summed E-state index contributed by atoms with van der Waals surface area (Å²) in [7, 11) is 0. The number of fused-ring (bicyclic) bond motifs is 1. The van der Waals surface area contributed by atoms with Crippen LogP contribution in [-0.4, -0.2) is 23.1 Å². The maximum atomic E-state index is 14.2. The molecule has 4 nitrogen and oxygen atoms in total. The molecule has 0 fully saturated rings. The Morgan fingerprint density at radius 2 is 2.11 bits per heavy atom. The van der Waals surface area contributed by atoms with E-state index >= 15 is 0 Å². The zero-order valence-corrected chi connectivity index (χ0v) is 10.7. The van der Waals surface area contributed by atoms with E-state index < -0.39 is 0 Å². The van der Waals surface area contributed by atoms with Crippen molar-refractivity contribution in [2.75, 3.05) is 18.0 Å². The van der Waals surface area contributed by atoms with Crippen LogP contribution in [0.1, 0.15) is 11.3 Å². The van der Waals surface area contributed by atoms with Gasteiger partial charge in [0.15, 0.2) is 11.6 Å². The van der Waals surface area contributed by atoms with Crippen molar-refractivity contribution in [3.63, 3.8) is 0 Å². The van der Waals surface area contributed by atoms with Crippen molar-refractivity contribution in [2.45, 2.75) is 13.5 Å². The Bertz CT molecular complexity index is 600. The molecule has 5 heteroatoms. The highest BCUT2D eigenvalue weighted by atomic mass is 19.1. The summed E-state index contributed by atoms with van der Waals surface area (Å²) >= 11 is 0. The largest absolute Gasteiger partial charge is 0.322 e. The van der Waals surface area contributed by atoms with Gasteiger partial charge in [0.2, 0.25) is 0 Å². The standard InChI is InChI=1S/C14H15FN4/c1-10-13(15)14(18-9-17-10)19-7-6-16-8-11-4-2-3-5-12(11)19/h2-5,9,16H,6-8H2,1H3. The number of anilines is 2. The van der Waals surface area contributed by atoms with Gasteiger partial charge >= 0.3 is 0 Å². The van der Waals surface area contributed by atoms with Crippen LogP contribution in [0.15, 0.2) is 30.6 Å². The second-order valence-corrected chi connectivity index (χ2v) is 4.55. The van der Waals surface area contributed by atoms with Gasteiger partial charge in [0.1, 0.15) is 6.33 Å². The van der Waals surface area contributed by atoms with Gasteiger partial charge in [-0.3, -0.25) is 0 Å². The molecule has 1 aromatic heterocycles. The van der Waals surface area contributed by atoms with Gasteiger partial charge in [-0.15, -0.1) is 0 Å². The first-order chi connectivity index (χ1) is 9.27. The molecule has 0 bridgehead atoms. The van der Waals surface area contributed by atoms with E-state index in [-0.39, 0.29) is 5.82 Å². The molecular weight excluding hydrogens is 243 g/mol. The van der Waals surface area contributed by atoms with Gasteiger partial charge in [-0.25, -0.2) is 14.4 Å². The first kappa shape index (κ1) is 12.0.